The molecule has 3 unspecified atom stereocenters. The van der Waals surface area contributed by atoms with Crippen molar-refractivity contribution in [3.8, 4) is 0 Å². The zero-order valence-corrected chi connectivity index (χ0v) is 9.97. The molecule has 0 aliphatic heterocycles. The smallest absolute Gasteiger partial charge is 0.110 e. The van der Waals surface area contributed by atoms with Gasteiger partial charge in [-0.2, -0.15) is 0 Å². The molecule has 1 heterocycles. The van der Waals surface area contributed by atoms with E-state index in [-0.39, 0.29) is 0 Å². The Kier molecular flexibility index (Phi) is 2.51. The monoisotopic (exact) mass is 219 g/mol. The normalized spacial score (nSPS) is 33.8. The summed E-state index contributed by atoms with van der Waals surface area (Å²) in [5, 5.41) is 0. The third kappa shape index (κ3) is 1.58. The number of rotatable bonds is 4. The van der Waals surface area contributed by atoms with Crippen LogP contribution in [0.25, 0.3) is 0 Å². The fraction of sp³-hybridized carbons (Fsp3) is 0.769. The van der Waals surface area contributed by atoms with Gasteiger partial charge in [-0.05, 0) is 37.5 Å². The highest BCUT2D eigenvalue weighted by Crippen LogP contribution is 2.58. The van der Waals surface area contributed by atoms with Crippen LogP contribution < -0.4 is 5.73 Å². The van der Waals surface area contributed by atoms with Crippen molar-refractivity contribution in [2.45, 2.75) is 45.2 Å². The summed E-state index contributed by atoms with van der Waals surface area (Å²) in [6.07, 6.45) is 9.17. The van der Waals surface area contributed by atoms with Gasteiger partial charge in [0.1, 0.15) is 5.82 Å². The van der Waals surface area contributed by atoms with Crippen LogP contribution in [0.1, 0.15) is 32.0 Å². The Morgan fingerprint density at radius 1 is 1.50 bits per heavy atom. The van der Waals surface area contributed by atoms with Crippen LogP contribution in [-0.4, -0.2) is 15.6 Å². The topological polar surface area (TPSA) is 43.8 Å². The van der Waals surface area contributed by atoms with E-state index in [0.29, 0.717) is 6.04 Å². The van der Waals surface area contributed by atoms with Crippen LogP contribution in [0.4, 0.5) is 0 Å². The van der Waals surface area contributed by atoms with Crippen LogP contribution in [0.3, 0.4) is 0 Å². The van der Waals surface area contributed by atoms with E-state index in [4.69, 9.17) is 5.73 Å². The Morgan fingerprint density at radius 3 is 2.94 bits per heavy atom. The second-order valence-corrected chi connectivity index (χ2v) is 5.33. The Bertz CT molecular complexity index is 361. The molecule has 3 nitrogen and oxygen atoms in total. The maximum atomic E-state index is 6.33. The summed E-state index contributed by atoms with van der Waals surface area (Å²) in [5.74, 6) is 3.89. The summed E-state index contributed by atoms with van der Waals surface area (Å²) in [5.41, 5.74) is 6.33. The summed E-state index contributed by atoms with van der Waals surface area (Å²) >= 11 is 0. The summed E-state index contributed by atoms with van der Waals surface area (Å²) in [7, 11) is 0. The van der Waals surface area contributed by atoms with E-state index in [9.17, 15) is 0 Å². The zero-order valence-electron chi connectivity index (χ0n) is 9.97. The molecule has 1 aromatic heterocycles. The lowest BCUT2D eigenvalue weighted by Gasteiger charge is -2.14. The quantitative estimate of drug-likeness (QED) is 0.839. The van der Waals surface area contributed by atoms with Crippen molar-refractivity contribution in [2.24, 2.45) is 23.5 Å². The molecule has 88 valence electrons. The summed E-state index contributed by atoms with van der Waals surface area (Å²) < 4.78 is 2.21. The van der Waals surface area contributed by atoms with Crippen molar-refractivity contribution in [3.05, 3.63) is 18.2 Å². The SMILES string of the molecule is CCn1ccnc1CC(N)C1C2CCCC21. The lowest BCUT2D eigenvalue weighted by molar-refractivity contribution is 0.470. The van der Waals surface area contributed by atoms with Crippen LogP contribution in [-0.2, 0) is 13.0 Å². The minimum Gasteiger partial charge on any atom is -0.335 e. The molecule has 2 N–H and O–H groups in total. The van der Waals surface area contributed by atoms with Gasteiger partial charge in [-0.15, -0.1) is 0 Å². The van der Waals surface area contributed by atoms with Gasteiger partial charge < -0.3 is 10.3 Å². The molecule has 1 aromatic rings. The van der Waals surface area contributed by atoms with E-state index in [0.717, 1.165) is 30.7 Å². The molecule has 0 bridgehead atoms. The number of fused-ring (bicyclic) bond motifs is 1. The van der Waals surface area contributed by atoms with Crippen molar-refractivity contribution in [3.63, 3.8) is 0 Å². The Labute approximate surface area is 97.0 Å². The van der Waals surface area contributed by atoms with Gasteiger partial charge in [0, 0.05) is 31.4 Å². The van der Waals surface area contributed by atoms with Gasteiger partial charge in [0.25, 0.3) is 0 Å². The van der Waals surface area contributed by atoms with Gasteiger partial charge in [-0.1, -0.05) is 6.42 Å². The van der Waals surface area contributed by atoms with Crippen molar-refractivity contribution in [2.75, 3.05) is 0 Å². The van der Waals surface area contributed by atoms with Crippen LogP contribution >= 0.6 is 0 Å². The first-order chi connectivity index (χ1) is 7.81. The number of imidazole rings is 1. The summed E-state index contributed by atoms with van der Waals surface area (Å²) in [6, 6.07) is 0.336. The number of hydrogen-bond donors (Lipinski definition) is 1. The molecular formula is C13H21N3. The Balaban J connectivity index is 1.63. The molecule has 0 radical (unpaired) electrons. The molecule has 2 aliphatic rings. The van der Waals surface area contributed by atoms with Crippen molar-refractivity contribution >= 4 is 0 Å². The highest BCUT2D eigenvalue weighted by Gasteiger charge is 2.54. The molecular weight excluding hydrogens is 198 g/mol. The van der Waals surface area contributed by atoms with E-state index < -0.39 is 0 Å². The largest absolute Gasteiger partial charge is 0.335 e. The molecule has 0 aromatic carbocycles. The lowest BCUT2D eigenvalue weighted by atomic mass is 10.0. The first-order valence-corrected chi connectivity index (χ1v) is 6.57. The third-order valence-corrected chi connectivity index (χ3v) is 4.53. The summed E-state index contributed by atoms with van der Waals surface area (Å²) in [4.78, 5) is 4.41. The molecule has 16 heavy (non-hydrogen) atoms. The average molecular weight is 219 g/mol. The standard InChI is InChI=1S/C13H21N3/c1-2-16-7-6-15-12(16)8-11(14)13-9-4-3-5-10(9)13/h6-7,9-11,13H,2-5,8,14H2,1H3. The molecule has 3 heteroatoms. The fourth-order valence-electron chi connectivity index (χ4n) is 3.68. The van der Waals surface area contributed by atoms with E-state index >= 15 is 0 Å². The number of nitrogens with zero attached hydrogens (tertiary/aromatic N) is 2. The summed E-state index contributed by atoms with van der Waals surface area (Å²) in [6.45, 7) is 3.15. The van der Waals surface area contributed by atoms with Gasteiger partial charge in [-0.3, -0.25) is 0 Å². The zero-order chi connectivity index (χ0) is 11.1. The van der Waals surface area contributed by atoms with Gasteiger partial charge in [-0.25, -0.2) is 4.98 Å². The minimum atomic E-state index is 0.336. The molecule has 3 rings (SSSR count). The maximum absolute atomic E-state index is 6.33. The van der Waals surface area contributed by atoms with Crippen molar-refractivity contribution in [1.82, 2.24) is 9.55 Å². The molecule has 2 fully saturated rings. The fourth-order valence-corrected chi connectivity index (χ4v) is 3.68. The lowest BCUT2D eigenvalue weighted by Crippen LogP contribution is -2.28. The minimum absolute atomic E-state index is 0.336. The first-order valence-electron chi connectivity index (χ1n) is 6.57. The Morgan fingerprint density at radius 2 is 2.25 bits per heavy atom. The van der Waals surface area contributed by atoms with Gasteiger partial charge in [0.05, 0.1) is 0 Å². The number of aromatic nitrogens is 2. The van der Waals surface area contributed by atoms with E-state index in [1.807, 2.05) is 6.20 Å². The van der Waals surface area contributed by atoms with Crippen LogP contribution in [0, 0.1) is 17.8 Å². The molecule has 0 spiro atoms. The first kappa shape index (κ1) is 10.3. The van der Waals surface area contributed by atoms with E-state index in [1.54, 1.807) is 0 Å². The highest BCUT2D eigenvalue weighted by molar-refractivity contribution is 5.08. The molecule has 2 aliphatic carbocycles. The second-order valence-electron chi connectivity index (χ2n) is 5.33. The molecule has 3 atom stereocenters. The van der Waals surface area contributed by atoms with Crippen LogP contribution in [0.5, 0.6) is 0 Å². The second kappa shape index (κ2) is 3.88. The van der Waals surface area contributed by atoms with Gasteiger partial charge >= 0.3 is 0 Å². The van der Waals surface area contributed by atoms with Crippen LogP contribution in [0.15, 0.2) is 12.4 Å². The van der Waals surface area contributed by atoms with Crippen molar-refractivity contribution < 1.29 is 0 Å². The average Bonchev–Trinajstić information content (AvgIpc) is 2.71. The maximum Gasteiger partial charge on any atom is 0.110 e. The molecule has 0 amide bonds. The number of aryl methyl sites for hydroxylation is 1. The van der Waals surface area contributed by atoms with Crippen LogP contribution in [0.2, 0.25) is 0 Å². The Hall–Kier alpha value is -0.830. The molecule has 0 saturated heterocycles. The number of nitrogens with two attached hydrogens (primary N) is 1. The third-order valence-electron chi connectivity index (χ3n) is 4.53. The predicted molar refractivity (Wildman–Crippen MR) is 63.9 cm³/mol. The highest BCUT2D eigenvalue weighted by atomic mass is 15.1. The molecule has 2 saturated carbocycles. The van der Waals surface area contributed by atoms with Gasteiger partial charge in [0.15, 0.2) is 0 Å². The van der Waals surface area contributed by atoms with E-state index in [2.05, 4.69) is 22.7 Å². The van der Waals surface area contributed by atoms with Gasteiger partial charge in [0.2, 0.25) is 0 Å². The number of hydrogen-bond acceptors (Lipinski definition) is 2. The van der Waals surface area contributed by atoms with Crippen molar-refractivity contribution in [1.29, 1.82) is 0 Å². The predicted octanol–water partition coefficient (Wildman–Crippen LogP) is 1.82. The van der Waals surface area contributed by atoms with E-state index in [1.165, 1.54) is 25.1 Å².